The molecule has 0 spiro atoms. The third kappa shape index (κ3) is 5.38. The first kappa shape index (κ1) is 18.6. The standard InChI is InChI=1S/C22H24N4O/c1-15-7-9-18(10-8-15)13-23-21(27)20-12-17(3)25-22(26-20)24-14-19-6-4-5-16(2)11-19/h4-12H,13-14H2,1-3H3,(H,23,27)(H,24,25,26). The van der Waals surface area contributed by atoms with Crippen molar-refractivity contribution in [3.05, 3.63) is 88.2 Å². The molecule has 2 aromatic carbocycles. The molecular formula is C22H24N4O. The molecule has 0 unspecified atom stereocenters. The molecule has 0 saturated heterocycles. The molecule has 138 valence electrons. The number of anilines is 1. The van der Waals surface area contributed by atoms with E-state index < -0.39 is 0 Å². The fourth-order valence-corrected chi connectivity index (χ4v) is 2.75. The largest absolute Gasteiger partial charge is 0.350 e. The molecule has 1 aromatic heterocycles. The highest BCUT2D eigenvalue weighted by molar-refractivity contribution is 5.92. The third-order valence-electron chi connectivity index (χ3n) is 4.19. The molecule has 1 amide bonds. The zero-order chi connectivity index (χ0) is 19.2. The molecule has 0 fully saturated rings. The van der Waals surface area contributed by atoms with Crippen LogP contribution in [-0.2, 0) is 13.1 Å². The summed E-state index contributed by atoms with van der Waals surface area (Å²) in [4.78, 5) is 21.2. The molecule has 1 heterocycles. The molecule has 0 bridgehead atoms. The smallest absolute Gasteiger partial charge is 0.270 e. The van der Waals surface area contributed by atoms with Gasteiger partial charge < -0.3 is 10.6 Å². The first-order valence-corrected chi connectivity index (χ1v) is 8.98. The summed E-state index contributed by atoms with van der Waals surface area (Å²) in [6, 6.07) is 18.0. The van der Waals surface area contributed by atoms with E-state index in [0.29, 0.717) is 24.7 Å². The topological polar surface area (TPSA) is 66.9 Å². The lowest BCUT2D eigenvalue weighted by molar-refractivity contribution is 0.0945. The number of aryl methyl sites for hydroxylation is 3. The van der Waals surface area contributed by atoms with Crippen LogP contribution in [0.3, 0.4) is 0 Å². The van der Waals surface area contributed by atoms with Gasteiger partial charge in [-0.3, -0.25) is 4.79 Å². The maximum Gasteiger partial charge on any atom is 0.270 e. The average Bonchev–Trinajstić information content (AvgIpc) is 2.65. The molecule has 0 aliphatic rings. The number of benzene rings is 2. The van der Waals surface area contributed by atoms with Crippen LogP contribution in [0.2, 0.25) is 0 Å². The van der Waals surface area contributed by atoms with Crippen molar-refractivity contribution in [1.29, 1.82) is 0 Å². The molecule has 0 saturated carbocycles. The second-order valence-electron chi connectivity index (χ2n) is 6.73. The van der Waals surface area contributed by atoms with Crippen LogP contribution in [0.4, 0.5) is 5.95 Å². The zero-order valence-electron chi connectivity index (χ0n) is 15.9. The van der Waals surface area contributed by atoms with Crippen molar-refractivity contribution < 1.29 is 4.79 Å². The number of hydrogen-bond donors (Lipinski definition) is 2. The second-order valence-corrected chi connectivity index (χ2v) is 6.73. The fraction of sp³-hybridized carbons (Fsp3) is 0.227. The van der Waals surface area contributed by atoms with Crippen LogP contribution in [0.5, 0.6) is 0 Å². The normalized spacial score (nSPS) is 10.5. The lowest BCUT2D eigenvalue weighted by atomic mass is 10.1. The number of carbonyl (C=O) groups is 1. The molecule has 5 nitrogen and oxygen atoms in total. The Morgan fingerprint density at radius 1 is 0.852 bits per heavy atom. The highest BCUT2D eigenvalue weighted by atomic mass is 16.1. The Kier molecular flexibility index (Phi) is 5.81. The maximum absolute atomic E-state index is 12.5. The molecular weight excluding hydrogens is 336 g/mol. The SMILES string of the molecule is Cc1ccc(CNC(=O)c2cc(C)nc(NCc3cccc(C)c3)n2)cc1. The monoisotopic (exact) mass is 360 g/mol. The van der Waals surface area contributed by atoms with E-state index in [1.54, 1.807) is 6.07 Å². The van der Waals surface area contributed by atoms with Crippen LogP contribution in [0.25, 0.3) is 0 Å². The number of nitrogens with one attached hydrogen (secondary N) is 2. The minimum atomic E-state index is -0.209. The molecule has 3 aromatic rings. The summed E-state index contributed by atoms with van der Waals surface area (Å²) < 4.78 is 0. The number of rotatable bonds is 6. The van der Waals surface area contributed by atoms with Gasteiger partial charge >= 0.3 is 0 Å². The molecule has 0 atom stereocenters. The van der Waals surface area contributed by atoms with Gasteiger partial charge in [-0.05, 0) is 38.0 Å². The number of aromatic nitrogens is 2. The van der Waals surface area contributed by atoms with Crippen LogP contribution in [-0.4, -0.2) is 15.9 Å². The van der Waals surface area contributed by atoms with Crippen molar-refractivity contribution >= 4 is 11.9 Å². The Bertz CT molecular complexity index is 935. The van der Waals surface area contributed by atoms with Gasteiger partial charge in [0.2, 0.25) is 5.95 Å². The van der Waals surface area contributed by atoms with Crippen molar-refractivity contribution in [2.75, 3.05) is 5.32 Å². The van der Waals surface area contributed by atoms with E-state index in [4.69, 9.17) is 0 Å². The van der Waals surface area contributed by atoms with E-state index in [9.17, 15) is 4.79 Å². The predicted molar refractivity (Wildman–Crippen MR) is 108 cm³/mol. The van der Waals surface area contributed by atoms with Crippen molar-refractivity contribution in [3.8, 4) is 0 Å². The van der Waals surface area contributed by atoms with E-state index in [0.717, 1.165) is 16.8 Å². The van der Waals surface area contributed by atoms with Gasteiger partial charge in [-0.15, -0.1) is 0 Å². The van der Waals surface area contributed by atoms with Gasteiger partial charge in [-0.1, -0.05) is 59.7 Å². The van der Waals surface area contributed by atoms with Crippen molar-refractivity contribution in [3.63, 3.8) is 0 Å². The summed E-state index contributed by atoms with van der Waals surface area (Å²) in [6.07, 6.45) is 0. The highest BCUT2D eigenvalue weighted by Gasteiger charge is 2.10. The van der Waals surface area contributed by atoms with Crippen LogP contribution >= 0.6 is 0 Å². The highest BCUT2D eigenvalue weighted by Crippen LogP contribution is 2.10. The summed E-state index contributed by atoms with van der Waals surface area (Å²) in [7, 11) is 0. The van der Waals surface area contributed by atoms with Gasteiger partial charge in [0.15, 0.2) is 0 Å². The van der Waals surface area contributed by atoms with Gasteiger partial charge in [0.1, 0.15) is 5.69 Å². The van der Waals surface area contributed by atoms with E-state index >= 15 is 0 Å². The van der Waals surface area contributed by atoms with Crippen LogP contribution in [0, 0.1) is 20.8 Å². The average molecular weight is 360 g/mol. The zero-order valence-corrected chi connectivity index (χ0v) is 15.9. The Morgan fingerprint density at radius 2 is 1.63 bits per heavy atom. The first-order chi connectivity index (χ1) is 13.0. The molecule has 3 rings (SSSR count). The number of hydrogen-bond acceptors (Lipinski definition) is 4. The molecule has 0 aliphatic heterocycles. The number of carbonyl (C=O) groups excluding carboxylic acids is 1. The Morgan fingerprint density at radius 3 is 2.37 bits per heavy atom. The van der Waals surface area contributed by atoms with E-state index in [1.807, 2.05) is 50.2 Å². The molecule has 27 heavy (non-hydrogen) atoms. The summed E-state index contributed by atoms with van der Waals surface area (Å²) in [5, 5.41) is 6.12. The predicted octanol–water partition coefficient (Wildman–Crippen LogP) is 3.94. The lowest BCUT2D eigenvalue weighted by Crippen LogP contribution is -2.24. The first-order valence-electron chi connectivity index (χ1n) is 8.98. The van der Waals surface area contributed by atoms with Crippen LogP contribution < -0.4 is 10.6 Å². The minimum absolute atomic E-state index is 0.209. The molecule has 0 aliphatic carbocycles. The lowest BCUT2D eigenvalue weighted by Gasteiger charge is -2.09. The van der Waals surface area contributed by atoms with Crippen molar-refractivity contribution in [1.82, 2.24) is 15.3 Å². The molecule has 2 N–H and O–H groups in total. The molecule has 0 radical (unpaired) electrons. The Hall–Kier alpha value is -3.21. The van der Waals surface area contributed by atoms with Gasteiger partial charge in [-0.2, -0.15) is 0 Å². The minimum Gasteiger partial charge on any atom is -0.350 e. The number of amides is 1. The van der Waals surface area contributed by atoms with Gasteiger partial charge in [0.25, 0.3) is 5.91 Å². The Labute approximate surface area is 159 Å². The second kappa shape index (κ2) is 8.45. The van der Waals surface area contributed by atoms with Gasteiger partial charge in [-0.25, -0.2) is 9.97 Å². The summed E-state index contributed by atoms with van der Waals surface area (Å²) >= 11 is 0. The molecule has 5 heteroatoms. The van der Waals surface area contributed by atoms with E-state index in [-0.39, 0.29) is 5.91 Å². The van der Waals surface area contributed by atoms with Crippen LogP contribution in [0.15, 0.2) is 54.6 Å². The summed E-state index contributed by atoms with van der Waals surface area (Å²) in [5.41, 5.74) is 5.71. The maximum atomic E-state index is 12.5. The third-order valence-corrected chi connectivity index (χ3v) is 4.19. The van der Waals surface area contributed by atoms with Crippen molar-refractivity contribution in [2.24, 2.45) is 0 Å². The number of nitrogens with zero attached hydrogens (tertiary/aromatic N) is 2. The van der Waals surface area contributed by atoms with Gasteiger partial charge in [0, 0.05) is 18.8 Å². The van der Waals surface area contributed by atoms with E-state index in [1.165, 1.54) is 11.1 Å². The van der Waals surface area contributed by atoms with Crippen LogP contribution in [0.1, 0.15) is 38.4 Å². The van der Waals surface area contributed by atoms with Crippen molar-refractivity contribution in [2.45, 2.75) is 33.9 Å². The quantitative estimate of drug-likeness (QED) is 0.699. The fourth-order valence-electron chi connectivity index (χ4n) is 2.75. The van der Waals surface area contributed by atoms with Gasteiger partial charge in [0.05, 0.1) is 0 Å². The summed E-state index contributed by atoms with van der Waals surface area (Å²) in [5.74, 6) is 0.247. The summed E-state index contributed by atoms with van der Waals surface area (Å²) in [6.45, 7) is 7.03. The van der Waals surface area contributed by atoms with E-state index in [2.05, 4.69) is 39.7 Å². The Balaban J connectivity index is 1.64.